The zero-order valence-corrected chi connectivity index (χ0v) is 16.3. The smallest absolute Gasteiger partial charge is 0.264 e. The van der Waals surface area contributed by atoms with Gasteiger partial charge < -0.3 is 5.32 Å². The molecule has 2 aromatic carbocycles. The quantitative estimate of drug-likeness (QED) is 0.671. The second-order valence-electron chi connectivity index (χ2n) is 6.38. The van der Waals surface area contributed by atoms with E-state index in [2.05, 4.69) is 26.9 Å². The fourth-order valence-electron chi connectivity index (χ4n) is 2.76. The number of benzene rings is 2. The molecule has 140 valence electrons. The Bertz CT molecular complexity index is 999. The standard InChI is InChI=1S/C20H22N4O2S/c1-14-13-15(2)22-20(21-14)24-27(25,26)19-11-9-18(10-12-19)23-16(3)17-7-5-4-6-8-17/h4-13,16,23H,1-3H3,(H,21,22,24). The molecule has 1 atom stereocenters. The molecule has 0 amide bonds. The van der Waals surface area contributed by atoms with Crippen molar-refractivity contribution >= 4 is 21.7 Å². The molecule has 0 bridgehead atoms. The molecule has 0 saturated heterocycles. The third-order valence-corrected chi connectivity index (χ3v) is 5.40. The first-order valence-corrected chi connectivity index (χ1v) is 10.1. The molecule has 6 nitrogen and oxygen atoms in total. The number of nitrogens with zero attached hydrogens (tertiary/aromatic N) is 2. The van der Waals surface area contributed by atoms with Gasteiger partial charge in [-0.15, -0.1) is 0 Å². The van der Waals surface area contributed by atoms with Crippen molar-refractivity contribution in [2.45, 2.75) is 31.7 Å². The summed E-state index contributed by atoms with van der Waals surface area (Å²) in [7, 11) is -3.75. The van der Waals surface area contributed by atoms with Gasteiger partial charge in [-0.25, -0.2) is 23.1 Å². The van der Waals surface area contributed by atoms with Gasteiger partial charge in [-0.05, 0) is 56.7 Å². The highest BCUT2D eigenvalue weighted by Gasteiger charge is 2.16. The van der Waals surface area contributed by atoms with Crippen molar-refractivity contribution in [3.05, 3.63) is 77.6 Å². The Morgan fingerprint density at radius 3 is 2.07 bits per heavy atom. The van der Waals surface area contributed by atoms with E-state index in [1.807, 2.05) is 30.3 Å². The maximum Gasteiger partial charge on any atom is 0.264 e. The Morgan fingerprint density at radius 1 is 0.889 bits per heavy atom. The van der Waals surface area contributed by atoms with E-state index < -0.39 is 10.0 Å². The number of hydrogen-bond acceptors (Lipinski definition) is 5. The van der Waals surface area contributed by atoms with Crippen molar-refractivity contribution in [1.82, 2.24) is 9.97 Å². The van der Waals surface area contributed by atoms with Crippen LogP contribution in [-0.2, 0) is 10.0 Å². The van der Waals surface area contributed by atoms with Crippen LogP contribution >= 0.6 is 0 Å². The van der Waals surface area contributed by atoms with E-state index in [-0.39, 0.29) is 16.9 Å². The van der Waals surface area contributed by atoms with Crippen LogP contribution in [0.2, 0.25) is 0 Å². The average molecular weight is 382 g/mol. The van der Waals surface area contributed by atoms with E-state index in [1.165, 1.54) is 0 Å². The molecule has 1 heterocycles. The van der Waals surface area contributed by atoms with Crippen molar-refractivity contribution in [3.8, 4) is 0 Å². The topological polar surface area (TPSA) is 84.0 Å². The zero-order valence-electron chi connectivity index (χ0n) is 15.5. The van der Waals surface area contributed by atoms with Crippen LogP contribution in [0.4, 0.5) is 11.6 Å². The second-order valence-corrected chi connectivity index (χ2v) is 8.06. The minimum atomic E-state index is -3.75. The molecule has 27 heavy (non-hydrogen) atoms. The normalized spacial score (nSPS) is 12.4. The predicted octanol–water partition coefficient (Wildman–Crippen LogP) is 4.07. The van der Waals surface area contributed by atoms with Crippen LogP contribution in [0.1, 0.15) is 29.9 Å². The molecular formula is C20H22N4O2S. The van der Waals surface area contributed by atoms with Crippen molar-refractivity contribution in [2.24, 2.45) is 0 Å². The van der Waals surface area contributed by atoms with E-state index in [9.17, 15) is 8.42 Å². The van der Waals surface area contributed by atoms with Crippen LogP contribution in [0.5, 0.6) is 0 Å². The summed E-state index contributed by atoms with van der Waals surface area (Å²) in [6.45, 7) is 5.64. The van der Waals surface area contributed by atoms with Crippen LogP contribution in [0.3, 0.4) is 0 Å². The largest absolute Gasteiger partial charge is 0.379 e. The highest BCUT2D eigenvalue weighted by atomic mass is 32.2. The van der Waals surface area contributed by atoms with Crippen LogP contribution in [0.15, 0.2) is 65.6 Å². The highest BCUT2D eigenvalue weighted by molar-refractivity contribution is 7.92. The summed E-state index contributed by atoms with van der Waals surface area (Å²) >= 11 is 0. The Balaban J connectivity index is 1.74. The lowest BCUT2D eigenvalue weighted by Gasteiger charge is -2.16. The average Bonchev–Trinajstić information content (AvgIpc) is 2.61. The SMILES string of the molecule is Cc1cc(C)nc(NS(=O)(=O)c2ccc(NC(C)c3ccccc3)cc2)n1. The van der Waals surface area contributed by atoms with Gasteiger partial charge in [-0.2, -0.15) is 0 Å². The van der Waals surface area contributed by atoms with Gasteiger partial charge in [0.25, 0.3) is 10.0 Å². The molecule has 0 fully saturated rings. The Morgan fingerprint density at radius 2 is 1.48 bits per heavy atom. The molecule has 1 unspecified atom stereocenters. The summed E-state index contributed by atoms with van der Waals surface area (Å²) < 4.78 is 27.6. The Hall–Kier alpha value is -2.93. The van der Waals surface area contributed by atoms with Crippen LogP contribution in [0.25, 0.3) is 0 Å². The second kappa shape index (κ2) is 7.75. The predicted molar refractivity (Wildman–Crippen MR) is 107 cm³/mol. The Labute approximate surface area is 159 Å². The molecule has 0 spiro atoms. The maximum atomic E-state index is 12.6. The minimum absolute atomic E-state index is 0.0763. The van der Waals surface area contributed by atoms with Crippen LogP contribution in [-0.4, -0.2) is 18.4 Å². The number of aromatic nitrogens is 2. The lowest BCUT2D eigenvalue weighted by atomic mass is 10.1. The molecule has 0 aliphatic heterocycles. The van der Waals surface area contributed by atoms with Gasteiger partial charge in [0.15, 0.2) is 0 Å². The number of nitrogens with one attached hydrogen (secondary N) is 2. The molecular weight excluding hydrogens is 360 g/mol. The number of rotatable bonds is 6. The number of sulfonamides is 1. The van der Waals surface area contributed by atoms with Crippen molar-refractivity contribution < 1.29 is 8.42 Å². The molecule has 7 heteroatoms. The molecule has 3 aromatic rings. The van der Waals surface area contributed by atoms with Gasteiger partial charge in [0, 0.05) is 23.1 Å². The number of anilines is 2. The summed E-state index contributed by atoms with van der Waals surface area (Å²) in [5.41, 5.74) is 3.40. The highest BCUT2D eigenvalue weighted by Crippen LogP contribution is 2.21. The van der Waals surface area contributed by atoms with E-state index in [1.54, 1.807) is 44.2 Å². The summed E-state index contributed by atoms with van der Waals surface area (Å²) in [6, 6.07) is 18.6. The van der Waals surface area contributed by atoms with Gasteiger partial charge in [0.2, 0.25) is 5.95 Å². The fourth-order valence-corrected chi connectivity index (χ4v) is 3.70. The van der Waals surface area contributed by atoms with Gasteiger partial charge >= 0.3 is 0 Å². The van der Waals surface area contributed by atoms with Crippen LogP contribution in [0, 0.1) is 13.8 Å². The van der Waals surface area contributed by atoms with Crippen LogP contribution < -0.4 is 10.0 Å². The minimum Gasteiger partial charge on any atom is -0.379 e. The number of hydrogen-bond donors (Lipinski definition) is 2. The summed E-state index contributed by atoms with van der Waals surface area (Å²) in [5, 5.41) is 3.36. The molecule has 2 N–H and O–H groups in total. The molecule has 0 aliphatic rings. The van der Waals surface area contributed by atoms with Gasteiger partial charge in [-0.1, -0.05) is 30.3 Å². The third-order valence-electron chi connectivity index (χ3n) is 4.06. The van der Waals surface area contributed by atoms with Gasteiger partial charge in [0.1, 0.15) is 0 Å². The van der Waals surface area contributed by atoms with E-state index >= 15 is 0 Å². The molecule has 3 rings (SSSR count). The first-order chi connectivity index (χ1) is 12.8. The number of aryl methyl sites for hydroxylation is 2. The molecule has 0 saturated carbocycles. The van der Waals surface area contributed by atoms with Crippen molar-refractivity contribution in [3.63, 3.8) is 0 Å². The first-order valence-electron chi connectivity index (χ1n) is 8.60. The summed E-state index contributed by atoms with van der Waals surface area (Å²) in [5.74, 6) is 0.0763. The lowest BCUT2D eigenvalue weighted by Crippen LogP contribution is -2.16. The van der Waals surface area contributed by atoms with E-state index in [0.29, 0.717) is 11.4 Å². The molecule has 1 aromatic heterocycles. The van der Waals surface area contributed by atoms with E-state index in [0.717, 1.165) is 11.3 Å². The summed E-state index contributed by atoms with van der Waals surface area (Å²) in [4.78, 5) is 8.40. The maximum absolute atomic E-state index is 12.6. The first kappa shape index (κ1) is 18.8. The third kappa shape index (κ3) is 4.83. The Kier molecular flexibility index (Phi) is 5.41. The van der Waals surface area contributed by atoms with Crippen molar-refractivity contribution in [2.75, 3.05) is 10.0 Å². The lowest BCUT2D eigenvalue weighted by molar-refractivity contribution is 0.601. The van der Waals surface area contributed by atoms with Crippen molar-refractivity contribution in [1.29, 1.82) is 0 Å². The van der Waals surface area contributed by atoms with Gasteiger partial charge in [-0.3, -0.25) is 0 Å². The summed E-state index contributed by atoms with van der Waals surface area (Å²) in [6.07, 6.45) is 0. The molecule has 0 radical (unpaired) electrons. The monoisotopic (exact) mass is 382 g/mol. The van der Waals surface area contributed by atoms with Gasteiger partial charge in [0.05, 0.1) is 4.90 Å². The van der Waals surface area contributed by atoms with E-state index in [4.69, 9.17) is 0 Å². The fraction of sp³-hybridized carbons (Fsp3) is 0.200. The molecule has 0 aliphatic carbocycles. The zero-order chi connectivity index (χ0) is 19.4.